The maximum Gasteiger partial charge on any atom is 0.356 e. The molecular formula is C8H10N2O3. The van der Waals surface area contributed by atoms with E-state index in [-0.39, 0.29) is 5.69 Å². The summed E-state index contributed by atoms with van der Waals surface area (Å²) in [7, 11) is 0. The van der Waals surface area contributed by atoms with Gasteiger partial charge in [0.15, 0.2) is 5.69 Å². The number of hydrogen-bond acceptors (Lipinski definition) is 4. The van der Waals surface area contributed by atoms with E-state index in [1.807, 2.05) is 0 Å². The normalized spacial score (nSPS) is 11.3. The molecule has 1 rings (SSSR count). The summed E-state index contributed by atoms with van der Waals surface area (Å²) in [4.78, 5) is 17.8. The van der Waals surface area contributed by atoms with Crippen molar-refractivity contribution in [3.63, 3.8) is 0 Å². The van der Waals surface area contributed by atoms with Crippen LogP contribution in [0.15, 0.2) is 12.4 Å². The molecule has 5 heteroatoms. The topological polar surface area (TPSA) is 83.3 Å². The standard InChI is InChI=1S/C8H10N2O3/c1-8(2,13)6-4-9-5(3-10-6)7(11)12/h3-4,13H,1-2H3,(H,11,12). The molecule has 1 aromatic rings. The number of aliphatic hydroxyl groups is 1. The first kappa shape index (κ1) is 9.60. The average molecular weight is 182 g/mol. The van der Waals surface area contributed by atoms with Crippen LogP contribution in [0, 0.1) is 0 Å². The average Bonchev–Trinajstić information content (AvgIpc) is 2.03. The molecule has 1 aromatic heterocycles. The Morgan fingerprint density at radius 1 is 1.38 bits per heavy atom. The van der Waals surface area contributed by atoms with Gasteiger partial charge in [-0.1, -0.05) is 0 Å². The van der Waals surface area contributed by atoms with E-state index in [0.717, 1.165) is 6.20 Å². The van der Waals surface area contributed by atoms with Crippen LogP contribution in [-0.2, 0) is 5.60 Å². The van der Waals surface area contributed by atoms with Crippen LogP contribution in [0.5, 0.6) is 0 Å². The van der Waals surface area contributed by atoms with Crippen LogP contribution < -0.4 is 0 Å². The summed E-state index contributed by atoms with van der Waals surface area (Å²) in [5.74, 6) is -1.13. The highest BCUT2D eigenvalue weighted by Crippen LogP contribution is 2.15. The van der Waals surface area contributed by atoms with E-state index in [1.165, 1.54) is 6.20 Å². The zero-order valence-corrected chi connectivity index (χ0v) is 7.35. The van der Waals surface area contributed by atoms with Crippen LogP contribution in [0.1, 0.15) is 30.0 Å². The Morgan fingerprint density at radius 3 is 2.31 bits per heavy atom. The van der Waals surface area contributed by atoms with Crippen molar-refractivity contribution in [1.29, 1.82) is 0 Å². The fourth-order valence-corrected chi connectivity index (χ4v) is 0.754. The van der Waals surface area contributed by atoms with E-state index in [9.17, 15) is 9.90 Å². The molecule has 0 saturated heterocycles. The van der Waals surface area contributed by atoms with Gasteiger partial charge in [0, 0.05) is 0 Å². The van der Waals surface area contributed by atoms with Crippen LogP contribution in [0.4, 0.5) is 0 Å². The maximum atomic E-state index is 10.4. The third-order valence-electron chi connectivity index (χ3n) is 1.50. The Balaban J connectivity index is 3.01. The fourth-order valence-electron chi connectivity index (χ4n) is 0.754. The van der Waals surface area contributed by atoms with Crippen molar-refractivity contribution >= 4 is 5.97 Å². The van der Waals surface area contributed by atoms with E-state index in [1.54, 1.807) is 13.8 Å². The van der Waals surface area contributed by atoms with E-state index >= 15 is 0 Å². The van der Waals surface area contributed by atoms with Crippen molar-refractivity contribution in [2.45, 2.75) is 19.4 Å². The molecule has 0 aliphatic carbocycles. The Bertz CT molecular complexity index is 313. The molecule has 0 spiro atoms. The third-order valence-corrected chi connectivity index (χ3v) is 1.50. The zero-order valence-electron chi connectivity index (χ0n) is 7.35. The summed E-state index contributed by atoms with van der Waals surface area (Å²) in [6, 6.07) is 0. The van der Waals surface area contributed by atoms with Crippen molar-refractivity contribution in [1.82, 2.24) is 9.97 Å². The second-order valence-electron chi connectivity index (χ2n) is 3.15. The van der Waals surface area contributed by atoms with Crippen molar-refractivity contribution in [2.24, 2.45) is 0 Å². The number of carboxylic acids is 1. The summed E-state index contributed by atoms with van der Waals surface area (Å²) in [5, 5.41) is 18.0. The maximum absolute atomic E-state index is 10.4. The minimum absolute atomic E-state index is 0.131. The zero-order chi connectivity index (χ0) is 10.1. The number of carboxylic acid groups (broad SMARTS) is 1. The Kier molecular flexibility index (Phi) is 2.29. The van der Waals surface area contributed by atoms with E-state index in [4.69, 9.17) is 5.11 Å². The summed E-state index contributed by atoms with van der Waals surface area (Å²) < 4.78 is 0. The molecule has 70 valence electrons. The highest BCUT2D eigenvalue weighted by atomic mass is 16.4. The lowest BCUT2D eigenvalue weighted by Crippen LogP contribution is -2.18. The highest BCUT2D eigenvalue weighted by molar-refractivity contribution is 5.84. The molecule has 5 nitrogen and oxygen atoms in total. The molecule has 0 aliphatic heterocycles. The minimum Gasteiger partial charge on any atom is -0.476 e. The van der Waals surface area contributed by atoms with Gasteiger partial charge in [0.05, 0.1) is 18.1 Å². The largest absolute Gasteiger partial charge is 0.476 e. The number of carbonyl (C=O) groups is 1. The second-order valence-corrected chi connectivity index (χ2v) is 3.15. The van der Waals surface area contributed by atoms with Crippen LogP contribution in [-0.4, -0.2) is 26.2 Å². The molecule has 0 aliphatic rings. The van der Waals surface area contributed by atoms with Gasteiger partial charge in [-0.05, 0) is 13.8 Å². The Hall–Kier alpha value is -1.49. The molecular weight excluding hydrogens is 172 g/mol. The SMILES string of the molecule is CC(C)(O)c1cnc(C(=O)O)cn1. The van der Waals surface area contributed by atoms with Gasteiger partial charge in [-0.25, -0.2) is 9.78 Å². The minimum atomic E-state index is -1.13. The quantitative estimate of drug-likeness (QED) is 0.691. The lowest BCUT2D eigenvalue weighted by molar-refractivity contribution is 0.0674. The second kappa shape index (κ2) is 3.10. The molecule has 1 heterocycles. The lowest BCUT2D eigenvalue weighted by atomic mass is 10.1. The number of aromatic carboxylic acids is 1. The van der Waals surface area contributed by atoms with Gasteiger partial charge in [0.25, 0.3) is 0 Å². The summed E-state index contributed by atoms with van der Waals surface area (Å²) >= 11 is 0. The molecule has 0 radical (unpaired) electrons. The van der Waals surface area contributed by atoms with Crippen molar-refractivity contribution in [3.05, 3.63) is 23.8 Å². The smallest absolute Gasteiger partial charge is 0.356 e. The predicted molar refractivity (Wildman–Crippen MR) is 44.2 cm³/mol. The fraction of sp³-hybridized carbons (Fsp3) is 0.375. The first-order chi connectivity index (χ1) is 5.91. The molecule has 0 aromatic carbocycles. The van der Waals surface area contributed by atoms with Gasteiger partial charge in [-0.3, -0.25) is 4.98 Å². The van der Waals surface area contributed by atoms with Gasteiger partial charge in [0.1, 0.15) is 5.60 Å². The Labute approximate surface area is 75.1 Å². The van der Waals surface area contributed by atoms with Gasteiger partial charge in [-0.2, -0.15) is 0 Å². The number of nitrogens with zero attached hydrogens (tertiary/aromatic N) is 2. The number of rotatable bonds is 2. The number of aromatic nitrogens is 2. The summed E-state index contributed by atoms with van der Waals surface area (Å²) in [6.07, 6.45) is 2.37. The van der Waals surface area contributed by atoms with Gasteiger partial charge in [-0.15, -0.1) is 0 Å². The molecule has 0 amide bonds. The highest BCUT2D eigenvalue weighted by Gasteiger charge is 2.18. The van der Waals surface area contributed by atoms with E-state index in [0.29, 0.717) is 5.69 Å². The third kappa shape index (κ3) is 2.22. The lowest BCUT2D eigenvalue weighted by Gasteiger charge is -2.15. The van der Waals surface area contributed by atoms with Crippen LogP contribution in [0.2, 0.25) is 0 Å². The summed E-state index contributed by atoms with van der Waals surface area (Å²) in [6.45, 7) is 3.11. The molecule has 0 bridgehead atoms. The van der Waals surface area contributed by atoms with Gasteiger partial charge in [0.2, 0.25) is 0 Å². The van der Waals surface area contributed by atoms with Crippen molar-refractivity contribution < 1.29 is 15.0 Å². The first-order valence-electron chi connectivity index (χ1n) is 3.69. The molecule has 0 atom stereocenters. The molecule has 0 unspecified atom stereocenters. The molecule has 0 fully saturated rings. The monoisotopic (exact) mass is 182 g/mol. The van der Waals surface area contributed by atoms with Crippen LogP contribution in [0.25, 0.3) is 0 Å². The molecule has 13 heavy (non-hydrogen) atoms. The van der Waals surface area contributed by atoms with Gasteiger partial charge < -0.3 is 10.2 Å². The first-order valence-corrected chi connectivity index (χ1v) is 3.69. The molecule has 0 saturated carbocycles. The molecule has 2 N–H and O–H groups in total. The van der Waals surface area contributed by atoms with E-state index < -0.39 is 11.6 Å². The Morgan fingerprint density at radius 2 is 2.00 bits per heavy atom. The predicted octanol–water partition coefficient (Wildman–Crippen LogP) is 0.402. The van der Waals surface area contributed by atoms with Gasteiger partial charge >= 0.3 is 5.97 Å². The van der Waals surface area contributed by atoms with Crippen LogP contribution >= 0.6 is 0 Å². The van der Waals surface area contributed by atoms with Crippen molar-refractivity contribution in [3.8, 4) is 0 Å². The van der Waals surface area contributed by atoms with E-state index in [2.05, 4.69) is 9.97 Å². The summed E-state index contributed by atoms with van der Waals surface area (Å²) in [5.41, 5.74) is -0.880. The van der Waals surface area contributed by atoms with Crippen molar-refractivity contribution in [2.75, 3.05) is 0 Å². The number of hydrogen-bond donors (Lipinski definition) is 2. The van der Waals surface area contributed by atoms with Crippen LogP contribution in [0.3, 0.4) is 0 Å².